The van der Waals surface area contributed by atoms with Gasteiger partial charge in [-0.05, 0) is 96.3 Å². The molecule has 0 aliphatic rings. The van der Waals surface area contributed by atoms with Crippen molar-refractivity contribution in [3.05, 3.63) is 146 Å². The molecule has 0 aliphatic heterocycles. The summed E-state index contributed by atoms with van der Waals surface area (Å²) in [6.07, 6.45) is 71.2. The van der Waals surface area contributed by atoms with Gasteiger partial charge in [0.15, 0.2) is 6.10 Å². The molecule has 0 aromatic heterocycles. The van der Waals surface area contributed by atoms with E-state index < -0.39 is 12.1 Å². The van der Waals surface area contributed by atoms with E-state index in [4.69, 9.17) is 14.2 Å². The van der Waals surface area contributed by atoms with Crippen LogP contribution in [0.5, 0.6) is 0 Å². The standard InChI is InChI=1S/C57H86O6/c1-4-7-10-13-16-19-22-25-27-29-31-32-35-38-41-44-47-50-56(59)62-53-54(52-61-55(58)49-46-43-40-37-34-24-21-18-15-12-9-6-3)63-57(60)51-48-45-42-39-36-33-30-28-26-23-20-17-14-11-8-5-2/h7-8,10-11,13,16-22,25-29,31-33,35-36,42,45,54H,4-6,9,12,14-15,23-24,30,34,37-41,43-44,46-53H2,1-3H3/b10-7-,11-8-,16-13-,20-17-,21-18-,22-19-,27-25-,28-26-,31-29+,35-32-,36-33-,45-42-. The van der Waals surface area contributed by atoms with Crippen molar-refractivity contribution in [3.8, 4) is 0 Å². The van der Waals surface area contributed by atoms with Gasteiger partial charge >= 0.3 is 17.9 Å². The SMILES string of the molecule is CC\C=C/C=C\C=C/C=C\C=C\C=C/CCCCCC(=O)OCC(COC(=O)CCCCCCC/C=C\CCCCC)OC(=O)CC/C=C\C/C=C\C/C=C\C/C=C\C/C=C\CC. The van der Waals surface area contributed by atoms with E-state index in [2.05, 4.69) is 93.7 Å². The minimum atomic E-state index is -0.845. The van der Waals surface area contributed by atoms with Crippen LogP contribution in [0.2, 0.25) is 0 Å². The average molecular weight is 867 g/mol. The Hall–Kier alpha value is -4.71. The van der Waals surface area contributed by atoms with Gasteiger partial charge in [-0.3, -0.25) is 14.4 Å². The molecule has 0 saturated heterocycles. The van der Waals surface area contributed by atoms with Gasteiger partial charge in [0, 0.05) is 19.3 Å². The van der Waals surface area contributed by atoms with E-state index in [1.165, 1.54) is 32.1 Å². The smallest absolute Gasteiger partial charge is 0.306 e. The number of carbonyl (C=O) groups excluding carboxylic acids is 3. The number of hydrogen-bond acceptors (Lipinski definition) is 6. The fourth-order valence-corrected chi connectivity index (χ4v) is 5.87. The van der Waals surface area contributed by atoms with Gasteiger partial charge in [-0.15, -0.1) is 0 Å². The molecule has 0 rings (SSSR count). The highest BCUT2D eigenvalue weighted by molar-refractivity contribution is 5.71. The Kier molecular flexibility index (Phi) is 46.2. The van der Waals surface area contributed by atoms with E-state index >= 15 is 0 Å². The molecule has 6 heteroatoms. The van der Waals surface area contributed by atoms with Crippen LogP contribution < -0.4 is 0 Å². The Morgan fingerprint density at radius 3 is 1.24 bits per heavy atom. The topological polar surface area (TPSA) is 78.9 Å². The summed E-state index contributed by atoms with van der Waals surface area (Å²) in [5.41, 5.74) is 0. The molecular weight excluding hydrogens is 781 g/mol. The molecule has 0 spiro atoms. The van der Waals surface area contributed by atoms with Crippen molar-refractivity contribution >= 4 is 17.9 Å². The predicted octanol–water partition coefficient (Wildman–Crippen LogP) is 16.1. The van der Waals surface area contributed by atoms with Crippen molar-refractivity contribution in [1.82, 2.24) is 0 Å². The van der Waals surface area contributed by atoms with Gasteiger partial charge in [0.05, 0.1) is 0 Å². The Labute approximate surface area is 385 Å². The first-order chi connectivity index (χ1) is 31.0. The fourth-order valence-electron chi connectivity index (χ4n) is 5.87. The van der Waals surface area contributed by atoms with Crippen molar-refractivity contribution in [2.45, 2.75) is 181 Å². The van der Waals surface area contributed by atoms with Crippen LogP contribution in [0.1, 0.15) is 175 Å². The van der Waals surface area contributed by atoms with Gasteiger partial charge in [-0.1, -0.05) is 205 Å². The van der Waals surface area contributed by atoms with Crippen molar-refractivity contribution < 1.29 is 28.6 Å². The zero-order valence-electron chi connectivity index (χ0n) is 39.8. The zero-order chi connectivity index (χ0) is 45.8. The molecule has 0 aromatic carbocycles. The quantitative estimate of drug-likeness (QED) is 0.0200. The van der Waals surface area contributed by atoms with Crippen LogP contribution in [0, 0.1) is 0 Å². The highest BCUT2D eigenvalue weighted by Gasteiger charge is 2.19. The number of allylic oxidation sites excluding steroid dienone is 24. The van der Waals surface area contributed by atoms with Gasteiger partial charge in [0.2, 0.25) is 0 Å². The maximum Gasteiger partial charge on any atom is 0.306 e. The summed E-state index contributed by atoms with van der Waals surface area (Å²) in [6.45, 7) is 6.21. The lowest BCUT2D eigenvalue weighted by atomic mass is 10.1. The lowest BCUT2D eigenvalue weighted by Crippen LogP contribution is -2.30. The third kappa shape index (κ3) is 48.2. The summed E-state index contributed by atoms with van der Waals surface area (Å²) in [7, 11) is 0. The molecule has 0 bridgehead atoms. The second kappa shape index (κ2) is 49.9. The fraction of sp³-hybridized carbons (Fsp3) is 0.526. The molecule has 63 heavy (non-hydrogen) atoms. The molecule has 0 saturated carbocycles. The van der Waals surface area contributed by atoms with Crippen molar-refractivity contribution in [3.63, 3.8) is 0 Å². The minimum Gasteiger partial charge on any atom is -0.462 e. The van der Waals surface area contributed by atoms with Crippen LogP contribution in [0.25, 0.3) is 0 Å². The van der Waals surface area contributed by atoms with Crippen LogP contribution in [0.15, 0.2) is 146 Å². The summed E-state index contributed by atoms with van der Waals surface area (Å²) < 4.78 is 16.6. The highest BCUT2D eigenvalue weighted by Crippen LogP contribution is 2.11. The lowest BCUT2D eigenvalue weighted by molar-refractivity contribution is -0.166. The van der Waals surface area contributed by atoms with Crippen LogP contribution in [0.4, 0.5) is 0 Å². The number of carbonyl (C=O) groups is 3. The van der Waals surface area contributed by atoms with Crippen LogP contribution in [-0.2, 0) is 28.6 Å². The molecule has 0 heterocycles. The average Bonchev–Trinajstić information content (AvgIpc) is 3.28. The monoisotopic (exact) mass is 867 g/mol. The molecule has 0 fully saturated rings. The molecule has 0 N–H and O–H groups in total. The van der Waals surface area contributed by atoms with E-state index in [-0.39, 0.29) is 38.0 Å². The van der Waals surface area contributed by atoms with Gasteiger partial charge in [-0.25, -0.2) is 0 Å². The van der Waals surface area contributed by atoms with Gasteiger partial charge in [0.25, 0.3) is 0 Å². The van der Waals surface area contributed by atoms with E-state index in [0.717, 1.165) is 89.9 Å². The van der Waals surface area contributed by atoms with Gasteiger partial charge in [0.1, 0.15) is 13.2 Å². The predicted molar refractivity (Wildman–Crippen MR) is 269 cm³/mol. The molecular formula is C57H86O6. The summed E-state index contributed by atoms with van der Waals surface area (Å²) >= 11 is 0. The summed E-state index contributed by atoms with van der Waals surface area (Å²) in [5, 5.41) is 0. The summed E-state index contributed by atoms with van der Waals surface area (Å²) in [5.74, 6) is -1.09. The molecule has 0 aliphatic carbocycles. The lowest BCUT2D eigenvalue weighted by Gasteiger charge is -2.18. The number of unbranched alkanes of at least 4 members (excludes halogenated alkanes) is 11. The highest BCUT2D eigenvalue weighted by atomic mass is 16.6. The summed E-state index contributed by atoms with van der Waals surface area (Å²) in [6, 6.07) is 0. The molecule has 0 radical (unpaired) electrons. The third-order valence-electron chi connectivity index (χ3n) is 9.48. The number of hydrogen-bond donors (Lipinski definition) is 0. The van der Waals surface area contributed by atoms with Crippen LogP contribution in [0.3, 0.4) is 0 Å². The Bertz CT molecular complexity index is 1460. The summed E-state index contributed by atoms with van der Waals surface area (Å²) in [4.78, 5) is 37.9. The number of esters is 3. The molecule has 6 nitrogen and oxygen atoms in total. The Morgan fingerprint density at radius 1 is 0.349 bits per heavy atom. The molecule has 1 unspecified atom stereocenters. The maximum absolute atomic E-state index is 12.7. The van der Waals surface area contributed by atoms with Gasteiger partial charge < -0.3 is 14.2 Å². The molecule has 350 valence electrons. The van der Waals surface area contributed by atoms with Gasteiger partial charge in [-0.2, -0.15) is 0 Å². The minimum absolute atomic E-state index is 0.133. The van der Waals surface area contributed by atoms with Crippen molar-refractivity contribution in [1.29, 1.82) is 0 Å². The first kappa shape index (κ1) is 58.3. The van der Waals surface area contributed by atoms with E-state index in [0.29, 0.717) is 19.3 Å². The van der Waals surface area contributed by atoms with Crippen molar-refractivity contribution in [2.75, 3.05) is 13.2 Å². The largest absolute Gasteiger partial charge is 0.462 e. The first-order valence-electron chi connectivity index (χ1n) is 24.4. The third-order valence-corrected chi connectivity index (χ3v) is 9.48. The zero-order valence-corrected chi connectivity index (χ0v) is 39.8. The second-order valence-corrected chi connectivity index (χ2v) is 15.4. The van der Waals surface area contributed by atoms with Crippen molar-refractivity contribution in [2.24, 2.45) is 0 Å². The normalized spacial score (nSPS) is 13.4. The van der Waals surface area contributed by atoms with E-state index in [9.17, 15) is 14.4 Å². The molecule has 1 atom stereocenters. The van der Waals surface area contributed by atoms with Crippen LogP contribution >= 0.6 is 0 Å². The van der Waals surface area contributed by atoms with Crippen LogP contribution in [-0.4, -0.2) is 37.2 Å². The number of ether oxygens (including phenoxy) is 3. The molecule has 0 aromatic rings. The van der Waals surface area contributed by atoms with E-state index in [1.807, 2.05) is 72.9 Å². The molecule has 0 amide bonds. The maximum atomic E-state index is 12.7. The Balaban J connectivity index is 4.64. The first-order valence-corrected chi connectivity index (χ1v) is 24.4. The number of rotatable bonds is 41. The Morgan fingerprint density at radius 2 is 0.730 bits per heavy atom. The second-order valence-electron chi connectivity index (χ2n) is 15.4. The van der Waals surface area contributed by atoms with E-state index in [1.54, 1.807) is 0 Å².